The molecular formula is C15H22ClNO. The van der Waals surface area contributed by atoms with Gasteiger partial charge in [-0.1, -0.05) is 18.2 Å². The lowest BCUT2D eigenvalue weighted by molar-refractivity contribution is 0.0408. The fourth-order valence-electron chi connectivity index (χ4n) is 3.51. The van der Waals surface area contributed by atoms with E-state index in [-0.39, 0.29) is 18.0 Å². The van der Waals surface area contributed by atoms with Crippen molar-refractivity contribution < 1.29 is 4.74 Å². The number of halogens is 1. The molecule has 0 radical (unpaired) electrons. The summed E-state index contributed by atoms with van der Waals surface area (Å²) in [6.45, 7) is 1.15. The van der Waals surface area contributed by atoms with Crippen LogP contribution in [0.4, 0.5) is 0 Å². The normalized spacial score (nSPS) is 29.2. The van der Waals surface area contributed by atoms with Gasteiger partial charge in [-0.3, -0.25) is 0 Å². The van der Waals surface area contributed by atoms with E-state index in [0.717, 1.165) is 18.7 Å². The second-order valence-electron chi connectivity index (χ2n) is 5.80. The Balaban J connectivity index is 0.00000120. The molecule has 0 N–H and O–H groups in total. The Morgan fingerprint density at radius 1 is 1.33 bits per heavy atom. The van der Waals surface area contributed by atoms with Crippen molar-refractivity contribution in [3.8, 4) is 5.75 Å². The van der Waals surface area contributed by atoms with Crippen LogP contribution in [0.25, 0.3) is 0 Å². The van der Waals surface area contributed by atoms with Gasteiger partial charge in [-0.2, -0.15) is 0 Å². The van der Waals surface area contributed by atoms with Crippen LogP contribution in [0.5, 0.6) is 5.75 Å². The van der Waals surface area contributed by atoms with Crippen LogP contribution in [0.1, 0.15) is 24.8 Å². The second kappa shape index (κ2) is 5.10. The molecule has 2 nitrogen and oxygen atoms in total. The highest BCUT2D eigenvalue weighted by atomic mass is 35.5. The van der Waals surface area contributed by atoms with Gasteiger partial charge in [0.2, 0.25) is 0 Å². The third-order valence-corrected chi connectivity index (χ3v) is 4.26. The van der Waals surface area contributed by atoms with E-state index in [4.69, 9.17) is 4.74 Å². The molecule has 1 heterocycles. The SMILES string of the molecule is CN(C)C[C@H]1CCC[C@]12Cc1ccccc1O2.Cl. The van der Waals surface area contributed by atoms with Gasteiger partial charge in [0, 0.05) is 18.9 Å². The van der Waals surface area contributed by atoms with Gasteiger partial charge in [0.25, 0.3) is 0 Å². The number of hydrogen-bond donors (Lipinski definition) is 0. The van der Waals surface area contributed by atoms with Crippen molar-refractivity contribution in [1.29, 1.82) is 0 Å². The molecule has 1 aromatic rings. The molecule has 100 valence electrons. The molecule has 0 amide bonds. The zero-order valence-electron chi connectivity index (χ0n) is 11.2. The monoisotopic (exact) mass is 267 g/mol. The number of rotatable bonds is 2. The summed E-state index contributed by atoms with van der Waals surface area (Å²) >= 11 is 0. The fraction of sp³-hybridized carbons (Fsp3) is 0.600. The van der Waals surface area contributed by atoms with E-state index in [9.17, 15) is 0 Å². The van der Waals surface area contributed by atoms with Crippen molar-refractivity contribution in [2.75, 3.05) is 20.6 Å². The lowest BCUT2D eigenvalue weighted by Gasteiger charge is -2.32. The average Bonchev–Trinajstić information content (AvgIpc) is 2.83. The fourth-order valence-corrected chi connectivity index (χ4v) is 3.51. The second-order valence-corrected chi connectivity index (χ2v) is 5.80. The van der Waals surface area contributed by atoms with Crippen LogP contribution in [0.3, 0.4) is 0 Å². The average molecular weight is 268 g/mol. The van der Waals surface area contributed by atoms with Crippen LogP contribution in [-0.2, 0) is 6.42 Å². The standard InChI is InChI=1S/C15H21NO.ClH/c1-16(2)11-13-7-5-9-15(13)10-12-6-3-4-8-14(12)17-15;/h3-4,6,8,13H,5,7,9-11H2,1-2H3;1H/t13-,15+;/m1./s1. The molecule has 0 unspecified atom stereocenters. The van der Waals surface area contributed by atoms with Gasteiger partial charge in [-0.25, -0.2) is 0 Å². The summed E-state index contributed by atoms with van der Waals surface area (Å²) in [5.74, 6) is 1.81. The number of para-hydroxylation sites is 1. The van der Waals surface area contributed by atoms with Crippen LogP contribution in [0.2, 0.25) is 0 Å². The lowest BCUT2D eigenvalue weighted by atomic mass is 9.86. The maximum atomic E-state index is 6.34. The molecule has 2 aliphatic rings. The van der Waals surface area contributed by atoms with Crippen LogP contribution in [0, 0.1) is 5.92 Å². The maximum absolute atomic E-state index is 6.34. The highest BCUT2D eigenvalue weighted by molar-refractivity contribution is 5.85. The van der Waals surface area contributed by atoms with Crippen LogP contribution in [-0.4, -0.2) is 31.1 Å². The summed E-state index contributed by atoms with van der Waals surface area (Å²) < 4.78 is 6.34. The molecule has 3 rings (SSSR count). The smallest absolute Gasteiger partial charge is 0.123 e. The topological polar surface area (TPSA) is 12.5 Å². The van der Waals surface area contributed by atoms with Crippen molar-refractivity contribution in [2.45, 2.75) is 31.3 Å². The van der Waals surface area contributed by atoms with Crippen molar-refractivity contribution in [3.05, 3.63) is 29.8 Å². The molecule has 1 aromatic carbocycles. The number of ether oxygens (including phenoxy) is 1. The molecule has 3 heteroatoms. The van der Waals surface area contributed by atoms with Gasteiger partial charge < -0.3 is 9.64 Å². The minimum atomic E-state index is 0. The summed E-state index contributed by atoms with van der Waals surface area (Å²) in [6.07, 6.45) is 4.96. The van der Waals surface area contributed by atoms with Gasteiger partial charge in [0.15, 0.2) is 0 Å². The van der Waals surface area contributed by atoms with E-state index >= 15 is 0 Å². The predicted octanol–water partition coefficient (Wildman–Crippen LogP) is 3.14. The summed E-state index contributed by atoms with van der Waals surface area (Å²) in [6, 6.07) is 8.54. The zero-order valence-corrected chi connectivity index (χ0v) is 12.0. The van der Waals surface area contributed by atoms with Gasteiger partial charge in [-0.05, 0) is 45.0 Å². The van der Waals surface area contributed by atoms with E-state index in [0.29, 0.717) is 5.92 Å². The Morgan fingerprint density at radius 3 is 2.83 bits per heavy atom. The van der Waals surface area contributed by atoms with E-state index in [1.165, 1.54) is 24.8 Å². The number of hydrogen-bond acceptors (Lipinski definition) is 2. The van der Waals surface area contributed by atoms with Gasteiger partial charge in [0.1, 0.15) is 11.4 Å². The predicted molar refractivity (Wildman–Crippen MR) is 76.6 cm³/mol. The summed E-state index contributed by atoms with van der Waals surface area (Å²) in [7, 11) is 4.32. The maximum Gasteiger partial charge on any atom is 0.123 e. The van der Waals surface area contributed by atoms with E-state index in [2.05, 4.69) is 43.3 Å². The summed E-state index contributed by atoms with van der Waals surface area (Å²) in [4.78, 5) is 2.30. The molecule has 1 saturated carbocycles. The van der Waals surface area contributed by atoms with Crippen molar-refractivity contribution in [1.82, 2.24) is 4.90 Å². The number of fused-ring (bicyclic) bond motifs is 1. The molecule has 18 heavy (non-hydrogen) atoms. The molecule has 1 spiro atoms. The first-order chi connectivity index (χ1) is 8.20. The third kappa shape index (κ3) is 2.24. The quantitative estimate of drug-likeness (QED) is 0.816. The molecule has 2 atom stereocenters. The highest BCUT2D eigenvalue weighted by Crippen LogP contribution is 2.47. The third-order valence-electron chi connectivity index (χ3n) is 4.26. The van der Waals surface area contributed by atoms with E-state index in [1.54, 1.807) is 0 Å². The summed E-state index contributed by atoms with van der Waals surface area (Å²) in [5.41, 5.74) is 1.51. The molecule has 0 saturated heterocycles. The van der Waals surface area contributed by atoms with Gasteiger partial charge in [-0.15, -0.1) is 12.4 Å². The van der Waals surface area contributed by atoms with Gasteiger partial charge >= 0.3 is 0 Å². The molecular weight excluding hydrogens is 246 g/mol. The molecule has 0 bridgehead atoms. The van der Waals surface area contributed by atoms with Crippen molar-refractivity contribution in [2.24, 2.45) is 5.92 Å². The van der Waals surface area contributed by atoms with Crippen molar-refractivity contribution in [3.63, 3.8) is 0 Å². The molecule has 1 fully saturated rings. The van der Waals surface area contributed by atoms with Gasteiger partial charge in [0.05, 0.1) is 0 Å². The Labute approximate surface area is 116 Å². The van der Waals surface area contributed by atoms with E-state index in [1.807, 2.05) is 0 Å². The Kier molecular flexibility index (Phi) is 3.88. The lowest BCUT2D eigenvalue weighted by Crippen LogP contribution is -2.42. The molecule has 1 aliphatic carbocycles. The van der Waals surface area contributed by atoms with Crippen LogP contribution in [0.15, 0.2) is 24.3 Å². The first-order valence-corrected chi connectivity index (χ1v) is 6.61. The Hall–Kier alpha value is -0.730. The number of benzene rings is 1. The zero-order chi connectivity index (χ0) is 11.9. The largest absolute Gasteiger partial charge is 0.486 e. The van der Waals surface area contributed by atoms with E-state index < -0.39 is 0 Å². The van der Waals surface area contributed by atoms with Crippen LogP contribution < -0.4 is 4.74 Å². The Morgan fingerprint density at radius 2 is 2.11 bits per heavy atom. The summed E-state index contributed by atoms with van der Waals surface area (Å²) in [5, 5.41) is 0. The first kappa shape index (κ1) is 13.7. The Bertz CT molecular complexity index is 394. The minimum absolute atomic E-state index is 0. The number of nitrogens with zero attached hydrogens (tertiary/aromatic N) is 1. The first-order valence-electron chi connectivity index (χ1n) is 6.61. The minimum Gasteiger partial charge on any atom is -0.486 e. The highest BCUT2D eigenvalue weighted by Gasteiger charge is 2.48. The molecule has 1 aliphatic heterocycles. The van der Waals surface area contributed by atoms with Crippen molar-refractivity contribution >= 4 is 12.4 Å². The molecule has 0 aromatic heterocycles. The van der Waals surface area contributed by atoms with Crippen LogP contribution >= 0.6 is 12.4 Å².